The molecule has 0 aromatic heterocycles. The molecule has 1 N–H and O–H groups in total. The van der Waals surface area contributed by atoms with Crippen molar-refractivity contribution >= 4 is 23.2 Å². The summed E-state index contributed by atoms with van der Waals surface area (Å²) < 4.78 is 39.9. The maximum atomic E-state index is 13.7. The Morgan fingerprint density at radius 3 is 2.57 bits per heavy atom. The number of amides is 2. The molecule has 2 aromatic carbocycles. The lowest BCUT2D eigenvalue weighted by atomic mass is 10.1. The summed E-state index contributed by atoms with van der Waals surface area (Å²) in [5.74, 6) is -5.25. The quantitative estimate of drug-likeness (QED) is 0.798. The number of carbonyl (C=O) groups excluding carboxylic acids is 2. The number of carbonyl (C=O) groups is 2. The van der Waals surface area contributed by atoms with Crippen LogP contribution in [0.15, 0.2) is 36.4 Å². The SMILES string of the molecule is C[C@H]1Cc2ccccc2N1C(=O)CN(C)CC(=O)Nc1ccc(F)c(F)c1F. The van der Waals surface area contributed by atoms with E-state index in [1.165, 1.54) is 4.90 Å². The fraction of sp³-hybridized carbons (Fsp3) is 0.300. The Kier molecular flexibility index (Phi) is 5.69. The second-order valence-corrected chi connectivity index (χ2v) is 6.89. The molecule has 0 saturated carbocycles. The molecular weight excluding hydrogens is 371 g/mol. The summed E-state index contributed by atoms with van der Waals surface area (Å²) in [6, 6.07) is 9.34. The minimum absolute atomic E-state index is 0.0170. The minimum Gasteiger partial charge on any atom is -0.322 e. The number of hydrogen-bond acceptors (Lipinski definition) is 3. The summed E-state index contributed by atoms with van der Waals surface area (Å²) in [7, 11) is 1.58. The first-order chi connectivity index (χ1) is 13.3. The maximum Gasteiger partial charge on any atom is 0.241 e. The Bertz CT molecular complexity index is 920. The minimum atomic E-state index is -1.65. The zero-order valence-corrected chi connectivity index (χ0v) is 15.5. The van der Waals surface area contributed by atoms with E-state index in [2.05, 4.69) is 5.32 Å². The van der Waals surface area contributed by atoms with Crippen molar-refractivity contribution in [1.29, 1.82) is 0 Å². The molecule has 1 aliphatic rings. The zero-order valence-electron chi connectivity index (χ0n) is 15.5. The number of nitrogens with zero attached hydrogens (tertiary/aromatic N) is 2. The molecular formula is C20H20F3N3O2. The number of nitrogens with one attached hydrogen (secondary N) is 1. The summed E-state index contributed by atoms with van der Waals surface area (Å²) in [6.45, 7) is 1.72. The molecule has 2 aromatic rings. The van der Waals surface area contributed by atoms with Crippen LogP contribution in [0.1, 0.15) is 12.5 Å². The number of rotatable bonds is 5. The highest BCUT2D eigenvalue weighted by Gasteiger charge is 2.31. The fourth-order valence-corrected chi connectivity index (χ4v) is 3.37. The number of para-hydroxylation sites is 1. The van der Waals surface area contributed by atoms with Crippen LogP contribution in [0.25, 0.3) is 0 Å². The molecule has 0 fully saturated rings. The van der Waals surface area contributed by atoms with E-state index in [1.807, 2.05) is 31.2 Å². The third-order valence-corrected chi connectivity index (χ3v) is 4.60. The summed E-state index contributed by atoms with van der Waals surface area (Å²) in [5.41, 5.74) is 1.50. The van der Waals surface area contributed by atoms with Gasteiger partial charge >= 0.3 is 0 Å². The Balaban J connectivity index is 1.60. The smallest absolute Gasteiger partial charge is 0.241 e. The van der Waals surface area contributed by atoms with Gasteiger partial charge in [0.25, 0.3) is 0 Å². The van der Waals surface area contributed by atoms with Gasteiger partial charge in [-0.2, -0.15) is 0 Å². The largest absolute Gasteiger partial charge is 0.322 e. The molecule has 148 valence electrons. The molecule has 0 unspecified atom stereocenters. The Morgan fingerprint density at radius 1 is 1.11 bits per heavy atom. The molecule has 0 spiro atoms. The van der Waals surface area contributed by atoms with Gasteiger partial charge in [0.05, 0.1) is 18.8 Å². The number of likely N-dealkylation sites (N-methyl/N-ethyl adjacent to an activating group) is 1. The summed E-state index contributed by atoms with van der Waals surface area (Å²) in [5, 5.41) is 2.19. The topological polar surface area (TPSA) is 52.7 Å². The number of fused-ring (bicyclic) bond motifs is 1. The normalized spacial score (nSPS) is 15.6. The molecule has 3 rings (SSSR count). The monoisotopic (exact) mass is 391 g/mol. The standard InChI is InChI=1S/C20H20F3N3O2/c1-12-9-13-5-3-4-6-16(13)26(12)18(28)11-25(2)10-17(27)24-15-8-7-14(21)19(22)20(15)23/h3-8,12H,9-11H2,1-2H3,(H,24,27)/t12-/m0/s1. The molecule has 0 bridgehead atoms. The van der Waals surface area contributed by atoms with Crippen molar-refractivity contribution in [3.05, 3.63) is 59.4 Å². The first kappa shape index (κ1) is 19.9. The second-order valence-electron chi connectivity index (χ2n) is 6.89. The van der Waals surface area contributed by atoms with Gasteiger partial charge in [0.15, 0.2) is 17.5 Å². The van der Waals surface area contributed by atoms with Gasteiger partial charge in [0, 0.05) is 11.7 Å². The highest BCUT2D eigenvalue weighted by atomic mass is 19.2. The van der Waals surface area contributed by atoms with Crippen molar-refractivity contribution in [2.75, 3.05) is 30.4 Å². The van der Waals surface area contributed by atoms with E-state index in [9.17, 15) is 22.8 Å². The van der Waals surface area contributed by atoms with Crippen LogP contribution < -0.4 is 10.2 Å². The van der Waals surface area contributed by atoms with Gasteiger partial charge < -0.3 is 10.2 Å². The molecule has 8 heteroatoms. The first-order valence-corrected chi connectivity index (χ1v) is 8.79. The lowest BCUT2D eigenvalue weighted by Crippen LogP contribution is -2.43. The van der Waals surface area contributed by atoms with Gasteiger partial charge in [-0.15, -0.1) is 0 Å². The van der Waals surface area contributed by atoms with Crippen molar-refractivity contribution in [2.24, 2.45) is 0 Å². The van der Waals surface area contributed by atoms with Crippen LogP contribution >= 0.6 is 0 Å². The van der Waals surface area contributed by atoms with E-state index in [0.717, 1.165) is 29.8 Å². The predicted octanol–water partition coefficient (Wildman–Crippen LogP) is 2.95. The van der Waals surface area contributed by atoms with Crippen molar-refractivity contribution in [3.63, 3.8) is 0 Å². The predicted molar refractivity (Wildman–Crippen MR) is 99.5 cm³/mol. The third kappa shape index (κ3) is 4.01. The summed E-state index contributed by atoms with van der Waals surface area (Å²) in [4.78, 5) is 28.0. The van der Waals surface area contributed by atoms with Gasteiger partial charge in [0.2, 0.25) is 11.8 Å². The van der Waals surface area contributed by atoms with Crippen LogP contribution in [0, 0.1) is 17.5 Å². The molecule has 1 atom stereocenters. The highest BCUT2D eigenvalue weighted by Crippen LogP contribution is 2.31. The van der Waals surface area contributed by atoms with Crippen molar-refractivity contribution < 1.29 is 22.8 Å². The molecule has 1 aliphatic heterocycles. The maximum absolute atomic E-state index is 13.7. The average molecular weight is 391 g/mol. The molecule has 2 amide bonds. The number of benzene rings is 2. The molecule has 1 heterocycles. The van der Waals surface area contributed by atoms with E-state index in [0.29, 0.717) is 0 Å². The first-order valence-electron chi connectivity index (χ1n) is 8.79. The third-order valence-electron chi connectivity index (χ3n) is 4.60. The number of anilines is 2. The van der Waals surface area contributed by atoms with Crippen LogP contribution in [0.5, 0.6) is 0 Å². The van der Waals surface area contributed by atoms with Crippen LogP contribution in [0.4, 0.5) is 24.5 Å². The van der Waals surface area contributed by atoms with E-state index >= 15 is 0 Å². The van der Waals surface area contributed by atoms with Crippen LogP contribution in [-0.2, 0) is 16.0 Å². The van der Waals surface area contributed by atoms with E-state index in [1.54, 1.807) is 11.9 Å². The average Bonchev–Trinajstić information content (AvgIpc) is 2.97. The van der Waals surface area contributed by atoms with Crippen LogP contribution in [0.2, 0.25) is 0 Å². The Hall–Kier alpha value is -2.87. The molecule has 28 heavy (non-hydrogen) atoms. The molecule has 0 radical (unpaired) electrons. The number of halogens is 3. The molecule has 0 saturated heterocycles. The van der Waals surface area contributed by atoms with Crippen molar-refractivity contribution in [2.45, 2.75) is 19.4 Å². The van der Waals surface area contributed by atoms with Crippen LogP contribution in [-0.4, -0.2) is 42.9 Å². The van der Waals surface area contributed by atoms with Gasteiger partial charge in [0.1, 0.15) is 0 Å². The van der Waals surface area contributed by atoms with Crippen molar-refractivity contribution in [3.8, 4) is 0 Å². The lowest BCUT2D eigenvalue weighted by molar-refractivity contribution is -0.121. The number of hydrogen-bond donors (Lipinski definition) is 1. The fourth-order valence-electron chi connectivity index (χ4n) is 3.37. The Morgan fingerprint density at radius 2 is 1.82 bits per heavy atom. The van der Waals surface area contributed by atoms with Gasteiger partial charge in [-0.25, -0.2) is 13.2 Å². The summed E-state index contributed by atoms with van der Waals surface area (Å²) in [6.07, 6.45) is 0.765. The van der Waals surface area contributed by atoms with Gasteiger partial charge in [-0.1, -0.05) is 18.2 Å². The van der Waals surface area contributed by atoms with E-state index < -0.39 is 29.0 Å². The lowest BCUT2D eigenvalue weighted by Gasteiger charge is -2.25. The van der Waals surface area contributed by atoms with E-state index in [4.69, 9.17) is 0 Å². The van der Waals surface area contributed by atoms with Crippen molar-refractivity contribution in [1.82, 2.24) is 4.90 Å². The highest BCUT2D eigenvalue weighted by molar-refractivity contribution is 5.98. The van der Waals surface area contributed by atoms with Crippen LogP contribution in [0.3, 0.4) is 0 Å². The zero-order chi connectivity index (χ0) is 20.4. The van der Waals surface area contributed by atoms with E-state index in [-0.39, 0.29) is 25.0 Å². The molecule has 0 aliphatic carbocycles. The second kappa shape index (κ2) is 8.02. The van der Waals surface area contributed by atoms with Gasteiger partial charge in [-0.3, -0.25) is 14.5 Å². The van der Waals surface area contributed by atoms with Gasteiger partial charge in [-0.05, 0) is 44.2 Å². The summed E-state index contributed by atoms with van der Waals surface area (Å²) >= 11 is 0. The Labute approximate surface area is 160 Å². The molecule has 5 nitrogen and oxygen atoms in total.